The normalized spacial score (nSPS) is 12.8. The highest BCUT2D eigenvalue weighted by Gasteiger charge is 2.49. The van der Waals surface area contributed by atoms with Gasteiger partial charge in [-0.15, -0.1) is 0 Å². The number of benzene rings is 3. The smallest absolute Gasteiger partial charge is 0.0652 e. The quantitative estimate of drug-likeness (QED) is 0.546. The molecule has 0 saturated carbocycles. The molecule has 3 aromatic carbocycles. The topological polar surface area (TPSA) is 0 Å². The lowest BCUT2D eigenvalue weighted by atomic mass is 10.3. The fraction of sp³-hybridized carbons (Fsp3) is 0.217. The van der Waals surface area contributed by atoms with Crippen LogP contribution in [0.15, 0.2) is 91.0 Å². The minimum absolute atomic E-state index is 0.620. The Bertz CT molecular complexity index is 638. The average molecular weight is 333 g/mol. The van der Waals surface area contributed by atoms with Crippen molar-refractivity contribution < 1.29 is 0 Å². The predicted octanol–water partition coefficient (Wildman–Crippen LogP) is 5.17. The van der Waals surface area contributed by atoms with Crippen molar-refractivity contribution in [1.29, 1.82) is 0 Å². The van der Waals surface area contributed by atoms with Crippen LogP contribution in [0.5, 0.6) is 0 Å². The van der Waals surface area contributed by atoms with Crippen LogP contribution in [0, 0.1) is 0 Å². The first-order chi connectivity index (χ1) is 11.8. The zero-order valence-corrected chi connectivity index (χ0v) is 15.5. The lowest BCUT2D eigenvalue weighted by Crippen LogP contribution is -2.37. The largest absolute Gasteiger partial charge is 0.114 e. The van der Waals surface area contributed by atoms with E-state index in [0.29, 0.717) is 5.66 Å². The third-order valence-corrected chi connectivity index (χ3v) is 9.78. The Hall–Kier alpha value is -1.91. The molecule has 3 rings (SSSR count). The van der Waals surface area contributed by atoms with Gasteiger partial charge in [-0.05, 0) is 49.7 Å². The van der Waals surface area contributed by atoms with Crippen molar-refractivity contribution >= 4 is 23.2 Å². The zero-order valence-electron chi connectivity index (χ0n) is 14.6. The number of hydrogen-bond acceptors (Lipinski definition) is 0. The van der Waals surface area contributed by atoms with Gasteiger partial charge in [0.2, 0.25) is 0 Å². The summed E-state index contributed by atoms with van der Waals surface area (Å²) in [4.78, 5) is 0. The Labute approximate surface area is 146 Å². The van der Waals surface area contributed by atoms with Gasteiger partial charge in [0, 0.05) is 0 Å². The molecule has 0 nitrogen and oxygen atoms in total. The maximum atomic E-state index is 2.45. The summed E-state index contributed by atoms with van der Waals surface area (Å²) in [5.74, 6) is 0. The SMILES string of the molecule is CCCC(C)[P+](c1ccccc1)(c1ccccc1)c1ccccc1. The van der Waals surface area contributed by atoms with E-state index in [4.69, 9.17) is 0 Å². The summed E-state index contributed by atoms with van der Waals surface area (Å²) in [6, 6.07) is 33.5. The van der Waals surface area contributed by atoms with Gasteiger partial charge >= 0.3 is 0 Å². The van der Waals surface area contributed by atoms with Gasteiger partial charge < -0.3 is 0 Å². The van der Waals surface area contributed by atoms with E-state index in [1.54, 1.807) is 0 Å². The molecule has 0 saturated heterocycles. The molecule has 0 aliphatic heterocycles. The Morgan fingerprint density at radius 2 is 0.958 bits per heavy atom. The third-order valence-electron chi connectivity index (χ3n) is 4.86. The second-order valence-corrected chi connectivity index (χ2v) is 10.2. The molecule has 0 amide bonds. The third kappa shape index (κ3) is 3.04. The Morgan fingerprint density at radius 3 is 1.25 bits per heavy atom. The molecule has 0 heterocycles. The molecule has 1 heteroatoms. The Kier molecular flexibility index (Phi) is 5.48. The van der Waals surface area contributed by atoms with E-state index in [-0.39, 0.29) is 0 Å². The highest BCUT2D eigenvalue weighted by molar-refractivity contribution is 7.96. The van der Waals surface area contributed by atoms with Gasteiger partial charge in [0.25, 0.3) is 0 Å². The van der Waals surface area contributed by atoms with E-state index in [9.17, 15) is 0 Å². The zero-order chi connectivity index (χ0) is 16.8. The van der Waals surface area contributed by atoms with Gasteiger partial charge in [-0.25, -0.2) is 0 Å². The van der Waals surface area contributed by atoms with E-state index in [0.717, 1.165) is 0 Å². The molecule has 122 valence electrons. The number of hydrogen-bond donors (Lipinski definition) is 0. The van der Waals surface area contributed by atoms with Crippen LogP contribution in [0.1, 0.15) is 26.7 Å². The van der Waals surface area contributed by atoms with Crippen molar-refractivity contribution in [3.05, 3.63) is 91.0 Å². The van der Waals surface area contributed by atoms with Crippen LogP contribution in [0.25, 0.3) is 0 Å². The first-order valence-corrected chi connectivity index (χ1v) is 10.7. The fourth-order valence-electron chi connectivity index (χ4n) is 3.81. The molecular formula is C23H26P+. The summed E-state index contributed by atoms with van der Waals surface area (Å²) in [5, 5.41) is 4.47. The van der Waals surface area contributed by atoms with Crippen LogP contribution < -0.4 is 15.9 Å². The molecule has 3 aromatic rings. The van der Waals surface area contributed by atoms with Crippen molar-refractivity contribution in [2.24, 2.45) is 0 Å². The summed E-state index contributed by atoms with van der Waals surface area (Å²) in [6.07, 6.45) is 2.46. The summed E-state index contributed by atoms with van der Waals surface area (Å²) >= 11 is 0. The molecule has 0 aliphatic carbocycles. The molecule has 24 heavy (non-hydrogen) atoms. The van der Waals surface area contributed by atoms with Crippen LogP contribution in [0.4, 0.5) is 0 Å². The minimum atomic E-state index is -1.66. The van der Waals surface area contributed by atoms with Gasteiger partial charge in [-0.1, -0.05) is 67.9 Å². The lowest BCUT2D eigenvalue weighted by Gasteiger charge is -2.33. The summed E-state index contributed by atoms with van der Waals surface area (Å²) in [5.41, 5.74) is 0.620. The van der Waals surface area contributed by atoms with E-state index in [1.165, 1.54) is 28.8 Å². The Morgan fingerprint density at radius 1 is 0.625 bits per heavy atom. The predicted molar refractivity (Wildman–Crippen MR) is 110 cm³/mol. The monoisotopic (exact) mass is 333 g/mol. The van der Waals surface area contributed by atoms with Gasteiger partial charge in [0.05, 0.1) is 5.66 Å². The van der Waals surface area contributed by atoms with Crippen LogP contribution >= 0.6 is 7.26 Å². The highest BCUT2D eigenvalue weighted by atomic mass is 31.2. The molecule has 1 atom stereocenters. The van der Waals surface area contributed by atoms with Gasteiger partial charge in [-0.2, -0.15) is 0 Å². The summed E-state index contributed by atoms with van der Waals surface area (Å²) in [6.45, 7) is 4.75. The van der Waals surface area contributed by atoms with Crippen molar-refractivity contribution in [2.45, 2.75) is 32.3 Å². The van der Waals surface area contributed by atoms with E-state index >= 15 is 0 Å². The molecular weight excluding hydrogens is 307 g/mol. The summed E-state index contributed by atoms with van der Waals surface area (Å²) in [7, 11) is -1.66. The van der Waals surface area contributed by atoms with E-state index < -0.39 is 7.26 Å². The fourth-order valence-corrected chi connectivity index (χ4v) is 8.81. The Balaban J connectivity index is 2.33. The lowest BCUT2D eigenvalue weighted by molar-refractivity contribution is 0.779. The minimum Gasteiger partial charge on any atom is -0.0652 e. The molecule has 0 bridgehead atoms. The van der Waals surface area contributed by atoms with Crippen LogP contribution in [0.3, 0.4) is 0 Å². The summed E-state index contributed by atoms with van der Waals surface area (Å²) < 4.78 is 0. The van der Waals surface area contributed by atoms with E-state index in [2.05, 4.69) is 105 Å². The molecule has 0 fully saturated rings. The second kappa shape index (κ2) is 7.77. The van der Waals surface area contributed by atoms with Gasteiger partial charge in [0.15, 0.2) is 0 Å². The van der Waals surface area contributed by atoms with Crippen molar-refractivity contribution in [3.8, 4) is 0 Å². The van der Waals surface area contributed by atoms with Gasteiger partial charge in [0.1, 0.15) is 23.2 Å². The highest BCUT2D eigenvalue weighted by Crippen LogP contribution is 2.60. The average Bonchev–Trinajstić information content (AvgIpc) is 2.65. The van der Waals surface area contributed by atoms with Crippen LogP contribution in [-0.4, -0.2) is 5.66 Å². The first kappa shape index (κ1) is 16.9. The van der Waals surface area contributed by atoms with Crippen LogP contribution in [0.2, 0.25) is 0 Å². The molecule has 0 N–H and O–H groups in total. The first-order valence-electron chi connectivity index (χ1n) is 8.85. The van der Waals surface area contributed by atoms with E-state index in [1.807, 2.05) is 0 Å². The van der Waals surface area contributed by atoms with Crippen molar-refractivity contribution in [1.82, 2.24) is 0 Å². The maximum Gasteiger partial charge on any atom is 0.114 e. The van der Waals surface area contributed by atoms with Crippen molar-refractivity contribution in [3.63, 3.8) is 0 Å². The molecule has 0 spiro atoms. The number of rotatable bonds is 6. The molecule has 0 radical (unpaired) electrons. The van der Waals surface area contributed by atoms with Crippen LogP contribution in [-0.2, 0) is 0 Å². The molecule has 0 aliphatic rings. The second-order valence-electron chi connectivity index (χ2n) is 6.37. The molecule has 0 aromatic heterocycles. The standard InChI is InChI=1S/C23H26P/c1-3-13-20(2)24(21-14-7-4-8-15-21,22-16-9-5-10-17-22)23-18-11-6-12-19-23/h4-12,14-20H,3,13H2,1-2H3/q+1. The molecule has 1 unspecified atom stereocenters. The maximum absolute atomic E-state index is 2.45. The van der Waals surface area contributed by atoms with Crippen molar-refractivity contribution in [2.75, 3.05) is 0 Å². The van der Waals surface area contributed by atoms with Gasteiger partial charge in [-0.3, -0.25) is 0 Å².